The number of aryl methyl sites for hydroxylation is 1. The molecule has 32 heavy (non-hydrogen) atoms. The Morgan fingerprint density at radius 1 is 1.00 bits per heavy atom. The molecule has 0 bridgehead atoms. The monoisotopic (exact) mass is 471 g/mol. The highest BCUT2D eigenvalue weighted by molar-refractivity contribution is 7.92. The van der Waals surface area contributed by atoms with Gasteiger partial charge in [0.25, 0.3) is 0 Å². The maximum Gasteiger partial charge on any atom is 0.418 e. The third kappa shape index (κ3) is 6.46. The predicted octanol–water partition coefficient (Wildman–Crippen LogP) is 3.27. The van der Waals surface area contributed by atoms with Crippen molar-refractivity contribution in [2.75, 3.05) is 35.5 Å². The molecule has 0 aliphatic heterocycles. The van der Waals surface area contributed by atoms with Gasteiger partial charge in [0.1, 0.15) is 6.54 Å². The Labute approximate surface area is 184 Å². The molecule has 2 amide bonds. The zero-order chi connectivity index (χ0) is 24.1. The van der Waals surface area contributed by atoms with Crippen LogP contribution >= 0.6 is 0 Å². The van der Waals surface area contributed by atoms with Crippen LogP contribution < -0.4 is 9.62 Å². The van der Waals surface area contributed by atoms with Crippen LogP contribution in [0.5, 0.6) is 0 Å². The second kappa shape index (κ2) is 10.0. The Bertz CT molecular complexity index is 1090. The van der Waals surface area contributed by atoms with Gasteiger partial charge in [0.15, 0.2) is 0 Å². The highest BCUT2D eigenvalue weighted by atomic mass is 32.2. The Kier molecular flexibility index (Phi) is 7.89. The summed E-state index contributed by atoms with van der Waals surface area (Å²) in [6.45, 7) is 2.24. The number of likely N-dealkylation sites (N-methyl/N-ethyl adjacent to an activating group) is 1. The van der Waals surface area contributed by atoms with Crippen molar-refractivity contribution in [3.05, 3.63) is 59.7 Å². The first-order valence-electron chi connectivity index (χ1n) is 9.61. The summed E-state index contributed by atoms with van der Waals surface area (Å²) in [5, 5.41) is 2.18. The molecule has 2 rings (SSSR count). The van der Waals surface area contributed by atoms with Crippen LogP contribution in [-0.2, 0) is 25.8 Å². The van der Waals surface area contributed by atoms with Crippen molar-refractivity contribution >= 4 is 33.2 Å². The van der Waals surface area contributed by atoms with E-state index in [4.69, 9.17) is 0 Å². The van der Waals surface area contributed by atoms with Crippen molar-refractivity contribution in [2.45, 2.75) is 20.0 Å². The van der Waals surface area contributed by atoms with Gasteiger partial charge in [0, 0.05) is 6.54 Å². The minimum atomic E-state index is -4.66. The molecular formula is C21H24F3N3O4S. The van der Waals surface area contributed by atoms with Crippen molar-refractivity contribution in [1.29, 1.82) is 0 Å². The molecule has 11 heteroatoms. The van der Waals surface area contributed by atoms with E-state index < -0.39 is 52.4 Å². The van der Waals surface area contributed by atoms with E-state index in [0.29, 0.717) is 11.3 Å². The van der Waals surface area contributed by atoms with E-state index in [1.165, 1.54) is 12.1 Å². The number of rotatable bonds is 8. The van der Waals surface area contributed by atoms with Gasteiger partial charge in [-0.1, -0.05) is 30.3 Å². The lowest BCUT2D eigenvalue weighted by Crippen LogP contribution is -2.45. The van der Waals surface area contributed by atoms with Gasteiger partial charge in [0.05, 0.1) is 29.7 Å². The van der Waals surface area contributed by atoms with Crippen LogP contribution in [0.15, 0.2) is 48.5 Å². The molecule has 0 fully saturated rings. The first-order chi connectivity index (χ1) is 14.8. The van der Waals surface area contributed by atoms with Gasteiger partial charge in [-0.3, -0.25) is 13.9 Å². The van der Waals surface area contributed by atoms with Crippen LogP contribution in [0.25, 0.3) is 0 Å². The van der Waals surface area contributed by atoms with Crippen molar-refractivity contribution in [1.82, 2.24) is 4.90 Å². The molecule has 0 spiro atoms. The number of alkyl halides is 3. The molecule has 0 aliphatic carbocycles. The molecule has 0 atom stereocenters. The van der Waals surface area contributed by atoms with Gasteiger partial charge in [-0.2, -0.15) is 13.2 Å². The smallest absolute Gasteiger partial charge is 0.332 e. The predicted molar refractivity (Wildman–Crippen MR) is 116 cm³/mol. The molecule has 0 aromatic heterocycles. The molecule has 0 unspecified atom stereocenters. The fourth-order valence-corrected chi connectivity index (χ4v) is 3.93. The highest BCUT2D eigenvalue weighted by Gasteiger charge is 2.34. The average molecular weight is 472 g/mol. The highest BCUT2D eigenvalue weighted by Crippen LogP contribution is 2.34. The number of carbonyl (C=O) groups excluding carboxylic acids is 2. The van der Waals surface area contributed by atoms with Gasteiger partial charge in [-0.15, -0.1) is 0 Å². The SMILES string of the molecule is CCN(CC(=O)Nc1ccccc1C(F)(F)F)C(=O)CN(c1ccccc1C)S(C)(=O)=O. The Morgan fingerprint density at radius 2 is 1.59 bits per heavy atom. The third-order valence-corrected chi connectivity index (χ3v) is 5.77. The van der Waals surface area contributed by atoms with E-state index in [-0.39, 0.29) is 6.54 Å². The van der Waals surface area contributed by atoms with Gasteiger partial charge in [-0.05, 0) is 37.6 Å². The number of hydrogen-bond acceptors (Lipinski definition) is 4. The van der Waals surface area contributed by atoms with E-state index in [2.05, 4.69) is 5.32 Å². The average Bonchev–Trinajstić information content (AvgIpc) is 2.69. The van der Waals surface area contributed by atoms with Crippen LogP contribution in [0.3, 0.4) is 0 Å². The molecule has 7 nitrogen and oxygen atoms in total. The summed E-state index contributed by atoms with van der Waals surface area (Å²) in [4.78, 5) is 26.2. The minimum absolute atomic E-state index is 0.0541. The maximum atomic E-state index is 13.1. The molecule has 2 aromatic carbocycles. The third-order valence-electron chi connectivity index (χ3n) is 4.64. The summed E-state index contributed by atoms with van der Waals surface area (Å²) >= 11 is 0. The van der Waals surface area contributed by atoms with Crippen molar-refractivity contribution in [3.63, 3.8) is 0 Å². The van der Waals surface area contributed by atoms with E-state index in [0.717, 1.165) is 27.6 Å². The number of hydrogen-bond donors (Lipinski definition) is 1. The van der Waals surface area contributed by atoms with E-state index in [1.807, 2.05) is 0 Å². The largest absolute Gasteiger partial charge is 0.418 e. The summed E-state index contributed by atoms with van der Waals surface area (Å²) in [5.41, 5.74) is -0.477. The van der Waals surface area contributed by atoms with Crippen molar-refractivity contribution in [3.8, 4) is 0 Å². The molecule has 2 aromatic rings. The van der Waals surface area contributed by atoms with Crippen LogP contribution in [0.1, 0.15) is 18.1 Å². The second-order valence-electron chi connectivity index (χ2n) is 7.06. The molecule has 0 radical (unpaired) electrons. The lowest BCUT2D eigenvalue weighted by atomic mass is 10.1. The number of carbonyl (C=O) groups is 2. The molecule has 0 saturated carbocycles. The topological polar surface area (TPSA) is 86.8 Å². The second-order valence-corrected chi connectivity index (χ2v) is 8.96. The summed E-state index contributed by atoms with van der Waals surface area (Å²) in [6, 6.07) is 11.1. The lowest BCUT2D eigenvalue weighted by molar-refractivity contribution is -0.137. The summed E-state index contributed by atoms with van der Waals surface area (Å²) in [7, 11) is -3.82. The normalized spacial score (nSPS) is 11.7. The van der Waals surface area contributed by atoms with Crippen molar-refractivity contribution in [2.24, 2.45) is 0 Å². The Balaban J connectivity index is 2.17. The number of amides is 2. The first kappa shape index (κ1) is 25.2. The minimum Gasteiger partial charge on any atom is -0.332 e. The fraction of sp³-hybridized carbons (Fsp3) is 0.333. The van der Waals surface area contributed by atoms with Crippen LogP contribution in [0, 0.1) is 6.92 Å². The molecule has 0 aliphatic rings. The van der Waals surface area contributed by atoms with E-state index in [1.54, 1.807) is 38.1 Å². The Morgan fingerprint density at radius 3 is 2.16 bits per heavy atom. The summed E-state index contributed by atoms with van der Waals surface area (Å²) in [6.07, 6.45) is -3.70. The number of sulfonamides is 1. The zero-order valence-electron chi connectivity index (χ0n) is 17.8. The quantitative estimate of drug-likeness (QED) is 0.640. The molecule has 1 N–H and O–H groups in total. The van der Waals surface area contributed by atoms with Crippen LogP contribution in [-0.4, -0.2) is 51.0 Å². The molecule has 0 saturated heterocycles. The first-order valence-corrected chi connectivity index (χ1v) is 11.5. The number of para-hydroxylation sites is 2. The van der Waals surface area contributed by atoms with Crippen LogP contribution in [0.2, 0.25) is 0 Å². The molecule has 0 heterocycles. The molecule has 174 valence electrons. The number of nitrogens with one attached hydrogen (secondary N) is 1. The van der Waals surface area contributed by atoms with E-state index in [9.17, 15) is 31.2 Å². The number of halogens is 3. The Hall–Kier alpha value is -3.08. The van der Waals surface area contributed by atoms with Crippen LogP contribution in [0.4, 0.5) is 24.5 Å². The number of anilines is 2. The number of benzene rings is 2. The summed E-state index contributed by atoms with van der Waals surface area (Å²) in [5.74, 6) is -1.50. The van der Waals surface area contributed by atoms with Gasteiger partial charge < -0.3 is 10.2 Å². The van der Waals surface area contributed by atoms with E-state index >= 15 is 0 Å². The molecular weight excluding hydrogens is 447 g/mol. The van der Waals surface area contributed by atoms with Gasteiger partial charge in [-0.25, -0.2) is 8.42 Å². The lowest BCUT2D eigenvalue weighted by Gasteiger charge is -2.27. The maximum absolute atomic E-state index is 13.1. The standard InChI is InChI=1S/C21H24F3N3O4S/c1-4-26(13-19(28)25-17-11-7-6-10-16(17)21(22,23)24)20(29)14-27(32(3,30)31)18-12-8-5-9-15(18)2/h5-12H,4,13-14H2,1-3H3,(H,25,28). The zero-order valence-corrected chi connectivity index (χ0v) is 18.6. The van der Waals surface area contributed by atoms with Gasteiger partial charge in [0.2, 0.25) is 21.8 Å². The van der Waals surface area contributed by atoms with Crippen molar-refractivity contribution < 1.29 is 31.2 Å². The fourth-order valence-electron chi connectivity index (χ4n) is 3.03. The van der Waals surface area contributed by atoms with Gasteiger partial charge >= 0.3 is 6.18 Å². The summed E-state index contributed by atoms with van der Waals surface area (Å²) < 4.78 is 64.9. The number of nitrogens with zero attached hydrogens (tertiary/aromatic N) is 2.